The van der Waals surface area contributed by atoms with Crippen LogP contribution >= 0.6 is 0 Å². The van der Waals surface area contributed by atoms with Gasteiger partial charge in [0.1, 0.15) is 36.1 Å². The maximum absolute atomic E-state index is 12.0. The minimum atomic E-state index is -1.37. The van der Waals surface area contributed by atoms with E-state index >= 15 is 0 Å². The highest BCUT2D eigenvalue weighted by atomic mass is 16.8. The highest BCUT2D eigenvalue weighted by Gasteiger charge is 2.56. The predicted molar refractivity (Wildman–Crippen MR) is 142 cm³/mol. The maximum Gasteiger partial charge on any atom is 0.187 e. The zero-order chi connectivity index (χ0) is 28.5. The lowest BCUT2D eigenvalue weighted by molar-refractivity contribution is -0.387. The fourth-order valence-corrected chi connectivity index (χ4v) is 7.77. The summed E-state index contributed by atoms with van der Waals surface area (Å²) in [5, 5.41) is 45.8. The van der Waals surface area contributed by atoms with Crippen molar-refractivity contribution in [2.45, 2.75) is 122 Å². The lowest BCUT2D eigenvalue weighted by Gasteiger charge is -2.50. The number of allylic oxidation sites excluding steroid dienone is 2. The van der Waals surface area contributed by atoms with Crippen molar-refractivity contribution in [3.63, 3.8) is 0 Å². The van der Waals surface area contributed by atoms with E-state index in [1.54, 1.807) is 21.0 Å². The summed E-state index contributed by atoms with van der Waals surface area (Å²) in [6, 6.07) is 0. The van der Waals surface area contributed by atoms with Crippen LogP contribution in [0.1, 0.15) is 67.2 Å². The quantitative estimate of drug-likeness (QED) is 0.381. The Morgan fingerprint density at radius 3 is 2.46 bits per heavy atom. The van der Waals surface area contributed by atoms with E-state index in [2.05, 4.69) is 26.8 Å². The summed E-state index contributed by atoms with van der Waals surface area (Å²) in [6.07, 6.45) is -1.64. The van der Waals surface area contributed by atoms with Crippen LogP contribution in [0.25, 0.3) is 0 Å². The average Bonchev–Trinajstić information content (AvgIpc) is 3.36. The zero-order valence-corrected chi connectivity index (χ0v) is 24.4. The summed E-state index contributed by atoms with van der Waals surface area (Å²) < 4.78 is 29.8. The van der Waals surface area contributed by atoms with E-state index < -0.39 is 59.7 Å². The van der Waals surface area contributed by atoms with Crippen LogP contribution in [0, 0.1) is 23.2 Å². The summed E-state index contributed by atoms with van der Waals surface area (Å²) in [5.41, 5.74) is 1.62. The van der Waals surface area contributed by atoms with Gasteiger partial charge in [-0.1, -0.05) is 39.3 Å². The molecule has 0 aromatic heterocycles. The molecule has 9 heteroatoms. The molecule has 4 N–H and O–H groups in total. The molecule has 222 valence electrons. The molecule has 3 fully saturated rings. The van der Waals surface area contributed by atoms with Crippen LogP contribution in [0.5, 0.6) is 0 Å². The van der Waals surface area contributed by atoms with E-state index in [0.29, 0.717) is 6.42 Å². The van der Waals surface area contributed by atoms with Crippen LogP contribution in [0.15, 0.2) is 22.8 Å². The van der Waals surface area contributed by atoms with Crippen LogP contribution in [0.3, 0.4) is 0 Å². The fraction of sp³-hybridized carbons (Fsp3) is 0.867. The molecule has 2 aliphatic heterocycles. The molecule has 1 saturated carbocycles. The summed E-state index contributed by atoms with van der Waals surface area (Å²) >= 11 is 0. The van der Waals surface area contributed by atoms with Gasteiger partial charge in [-0.05, 0) is 68.4 Å². The Morgan fingerprint density at radius 2 is 1.79 bits per heavy atom. The molecule has 0 amide bonds. The van der Waals surface area contributed by atoms with Crippen molar-refractivity contribution < 1.29 is 44.1 Å². The van der Waals surface area contributed by atoms with E-state index in [0.717, 1.165) is 30.4 Å². The van der Waals surface area contributed by atoms with Crippen molar-refractivity contribution >= 4 is 0 Å². The molecule has 0 aromatic rings. The number of hydrogen-bond donors (Lipinski definition) is 4. The molecule has 0 spiro atoms. The van der Waals surface area contributed by atoms with Crippen LogP contribution in [0.2, 0.25) is 0 Å². The first-order valence-electron chi connectivity index (χ1n) is 14.6. The van der Waals surface area contributed by atoms with E-state index in [1.807, 2.05) is 6.92 Å². The van der Waals surface area contributed by atoms with Crippen molar-refractivity contribution in [2.75, 3.05) is 20.3 Å². The summed E-state index contributed by atoms with van der Waals surface area (Å²) in [4.78, 5) is 0. The number of fused-ring (bicyclic) bond motifs is 3. The van der Waals surface area contributed by atoms with E-state index in [4.69, 9.17) is 23.7 Å². The third kappa shape index (κ3) is 5.06. The lowest BCUT2D eigenvalue weighted by atomic mass is 9.68. The van der Waals surface area contributed by atoms with Gasteiger partial charge in [-0.15, -0.1) is 0 Å². The molecule has 2 saturated heterocycles. The molecule has 9 nitrogen and oxygen atoms in total. The monoisotopic (exact) mass is 552 g/mol. The summed E-state index contributed by atoms with van der Waals surface area (Å²) in [5.74, 6) is -0.955. The number of methoxy groups -OCH3 is 1. The van der Waals surface area contributed by atoms with E-state index in [-0.39, 0.29) is 31.0 Å². The largest absolute Gasteiger partial charge is 0.390 e. The molecule has 0 radical (unpaired) electrons. The molecule has 5 rings (SSSR count). The summed E-state index contributed by atoms with van der Waals surface area (Å²) in [7, 11) is 1.61. The molecule has 11 atom stereocenters. The molecule has 2 heterocycles. The Morgan fingerprint density at radius 1 is 1.08 bits per heavy atom. The normalized spacial score (nSPS) is 47.8. The third-order valence-electron chi connectivity index (χ3n) is 9.94. The predicted octanol–water partition coefficient (Wildman–Crippen LogP) is 2.45. The number of hydrogen-bond acceptors (Lipinski definition) is 9. The highest BCUT2D eigenvalue weighted by molar-refractivity contribution is 5.42. The summed E-state index contributed by atoms with van der Waals surface area (Å²) in [6.45, 7) is 12.4. The Hall–Kier alpha value is -0.880. The van der Waals surface area contributed by atoms with Gasteiger partial charge < -0.3 is 44.1 Å². The first kappa shape index (κ1) is 29.6. The van der Waals surface area contributed by atoms with Crippen LogP contribution in [0.4, 0.5) is 0 Å². The first-order valence-corrected chi connectivity index (χ1v) is 14.6. The van der Waals surface area contributed by atoms with Crippen molar-refractivity contribution in [1.82, 2.24) is 0 Å². The standard InChI is InChI=1S/C30H48O9/c1-15(2)17-8-10-29(6)12-19-18(9-11-30(19,34)14-35-7)16(3)22(31)26(21(17)29)38-27-24(33)23(32)25-20(37-27)13-36-28(4,5)39-25/h12,15-16,18,20,22-27,31-34H,8-11,13-14H2,1-7H3/t16-,18+,20-,22-,23-,24-,25-,26-,27-,29-,30+/m1/s1. The third-order valence-corrected chi connectivity index (χ3v) is 9.94. The molecule has 0 bridgehead atoms. The highest BCUT2D eigenvalue weighted by Crippen LogP contribution is 2.56. The van der Waals surface area contributed by atoms with Gasteiger partial charge >= 0.3 is 0 Å². The number of rotatable bonds is 5. The van der Waals surface area contributed by atoms with Crippen molar-refractivity contribution in [3.8, 4) is 0 Å². The second kappa shape index (κ2) is 10.4. The van der Waals surface area contributed by atoms with Gasteiger partial charge in [0.2, 0.25) is 0 Å². The topological polar surface area (TPSA) is 127 Å². The first-order chi connectivity index (χ1) is 18.2. The molecule has 0 aromatic carbocycles. The molecule has 39 heavy (non-hydrogen) atoms. The fourth-order valence-electron chi connectivity index (χ4n) is 7.77. The number of ether oxygens (including phenoxy) is 5. The number of aliphatic hydroxyl groups is 4. The van der Waals surface area contributed by atoms with E-state index in [9.17, 15) is 20.4 Å². The van der Waals surface area contributed by atoms with Gasteiger partial charge in [0.15, 0.2) is 12.1 Å². The zero-order valence-electron chi connectivity index (χ0n) is 24.4. The van der Waals surface area contributed by atoms with Gasteiger partial charge in [-0.25, -0.2) is 0 Å². The second-order valence-electron chi connectivity index (χ2n) is 13.4. The molecular weight excluding hydrogens is 504 g/mol. The second-order valence-corrected chi connectivity index (χ2v) is 13.4. The smallest absolute Gasteiger partial charge is 0.187 e. The minimum absolute atomic E-state index is 0.0396. The van der Waals surface area contributed by atoms with Gasteiger partial charge in [-0.3, -0.25) is 0 Å². The van der Waals surface area contributed by atoms with Crippen molar-refractivity contribution in [2.24, 2.45) is 23.2 Å². The lowest BCUT2D eigenvalue weighted by Crippen LogP contribution is -2.65. The Labute approximate surface area is 232 Å². The van der Waals surface area contributed by atoms with Crippen LogP contribution in [-0.2, 0) is 23.7 Å². The van der Waals surface area contributed by atoms with E-state index in [1.165, 1.54) is 5.57 Å². The molecular formula is C30H48O9. The van der Waals surface area contributed by atoms with Gasteiger partial charge in [-0.2, -0.15) is 0 Å². The maximum atomic E-state index is 12.0. The SMILES string of the molecule is COC[C@@]1(O)CC[C@@H]2C1=C[C@@]1(C)CCC(C(C)C)=C1[C@@H](O[C@H]1O[C@@H]3COC(C)(C)O[C@H]3[C@H](O)[C@H]1O)[C@H](O)[C@@H]2C. The minimum Gasteiger partial charge on any atom is -0.390 e. The molecule has 0 unspecified atom stereocenters. The van der Waals surface area contributed by atoms with Gasteiger partial charge in [0.25, 0.3) is 0 Å². The van der Waals surface area contributed by atoms with Gasteiger partial charge in [0, 0.05) is 12.5 Å². The van der Waals surface area contributed by atoms with Gasteiger partial charge in [0.05, 0.1) is 19.3 Å². The Balaban J connectivity index is 1.53. The van der Waals surface area contributed by atoms with Crippen molar-refractivity contribution in [3.05, 3.63) is 22.8 Å². The Kier molecular flexibility index (Phi) is 7.92. The van der Waals surface area contributed by atoms with Crippen molar-refractivity contribution in [1.29, 1.82) is 0 Å². The van der Waals surface area contributed by atoms with Crippen LogP contribution in [-0.4, -0.2) is 95.1 Å². The Bertz CT molecular complexity index is 989. The molecule has 3 aliphatic carbocycles. The van der Waals surface area contributed by atoms with Crippen LogP contribution < -0.4 is 0 Å². The number of aliphatic hydroxyl groups excluding tert-OH is 3. The molecule has 5 aliphatic rings. The average molecular weight is 553 g/mol.